The van der Waals surface area contributed by atoms with Crippen LogP contribution in [0.25, 0.3) is 0 Å². The van der Waals surface area contributed by atoms with E-state index in [9.17, 15) is 26.4 Å². The molecule has 0 radical (unpaired) electrons. The first kappa shape index (κ1) is 32.4. The van der Waals surface area contributed by atoms with Gasteiger partial charge in [0.25, 0.3) is 0 Å². The molecule has 1 aliphatic heterocycles. The maximum atomic E-state index is 12.7. The van der Waals surface area contributed by atoms with Gasteiger partial charge in [0.05, 0.1) is 16.4 Å². The van der Waals surface area contributed by atoms with Gasteiger partial charge in [0.1, 0.15) is 5.84 Å². The Morgan fingerprint density at radius 2 is 1.43 bits per heavy atom. The largest absolute Gasteiger partial charge is 0.450 e. The molecule has 3 aromatic rings. The second-order valence-electron chi connectivity index (χ2n) is 9.72. The lowest BCUT2D eigenvalue weighted by Gasteiger charge is -2.35. The van der Waals surface area contributed by atoms with E-state index in [4.69, 9.17) is 15.3 Å². The maximum Gasteiger partial charge on any atom is 0.409 e. The summed E-state index contributed by atoms with van der Waals surface area (Å²) < 4.78 is 55.7. The van der Waals surface area contributed by atoms with E-state index in [1.165, 1.54) is 48.5 Å². The summed E-state index contributed by atoms with van der Waals surface area (Å²) in [7, 11) is -7.74. The summed E-state index contributed by atoms with van der Waals surface area (Å²) in [5, 5.41) is 19.0. The molecule has 6 N–H and O–H groups in total. The maximum absolute atomic E-state index is 12.7. The van der Waals surface area contributed by atoms with Gasteiger partial charge >= 0.3 is 12.1 Å². The van der Waals surface area contributed by atoms with Crippen LogP contribution in [0.4, 0.5) is 21.0 Å². The number of amidine groups is 1. The SMILES string of the molecule is CCOC(=O)N1CCN(C(=N)c2cccc(NC(=O)Nc3ccc(S(=O)(=O)NCc4ccc(S(N)(=O)=O)cc4)cc3)c2)CC1. The second kappa shape index (κ2) is 13.9. The highest BCUT2D eigenvalue weighted by Gasteiger charge is 2.24. The van der Waals surface area contributed by atoms with Crippen LogP contribution in [-0.2, 0) is 31.3 Å². The van der Waals surface area contributed by atoms with Crippen LogP contribution in [0.3, 0.4) is 0 Å². The number of piperazine rings is 1. The first-order valence-corrected chi connectivity index (χ1v) is 16.5. The molecule has 0 bridgehead atoms. The van der Waals surface area contributed by atoms with Gasteiger partial charge in [-0.05, 0) is 61.0 Å². The minimum Gasteiger partial charge on any atom is -0.450 e. The zero-order chi connectivity index (χ0) is 31.9. The van der Waals surface area contributed by atoms with Gasteiger partial charge in [-0.1, -0.05) is 24.3 Å². The lowest BCUT2D eigenvalue weighted by atomic mass is 10.1. The molecule has 0 unspecified atom stereocenters. The number of rotatable bonds is 9. The summed E-state index contributed by atoms with van der Waals surface area (Å²) in [6, 6.07) is 17.3. The molecule has 234 valence electrons. The van der Waals surface area contributed by atoms with Crippen molar-refractivity contribution in [1.29, 1.82) is 5.41 Å². The Morgan fingerprint density at radius 3 is 2.05 bits per heavy atom. The number of anilines is 2. The Bertz CT molecular complexity index is 1720. The number of sulfonamides is 2. The summed E-state index contributed by atoms with van der Waals surface area (Å²) in [4.78, 5) is 27.9. The number of urea groups is 1. The number of primary sulfonamides is 1. The molecule has 14 nitrogen and oxygen atoms in total. The van der Waals surface area contributed by atoms with Crippen LogP contribution in [0, 0.1) is 5.41 Å². The first-order valence-electron chi connectivity index (χ1n) is 13.5. The smallest absolute Gasteiger partial charge is 0.409 e. The molecule has 0 aromatic heterocycles. The highest BCUT2D eigenvalue weighted by Crippen LogP contribution is 2.18. The zero-order valence-electron chi connectivity index (χ0n) is 23.8. The molecule has 0 saturated carbocycles. The summed E-state index contributed by atoms with van der Waals surface area (Å²) in [5.41, 5.74) is 1.93. The van der Waals surface area contributed by atoms with Crippen molar-refractivity contribution < 1.29 is 31.2 Å². The Morgan fingerprint density at radius 1 is 0.841 bits per heavy atom. The van der Waals surface area contributed by atoms with Crippen LogP contribution in [0.5, 0.6) is 0 Å². The van der Waals surface area contributed by atoms with Crippen molar-refractivity contribution in [2.45, 2.75) is 23.3 Å². The van der Waals surface area contributed by atoms with Crippen LogP contribution < -0.4 is 20.5 Å². The Balaban J connectivity index is 1.29. The molecule has 0 aliphatic carbocycles. The summed E-state index contributed by atoms with van der Waals surface area (Å²) in [6.45, 7) is 3.82. The van der Waals surface area contributed by atoms with Crippen molar-refractivity contribution in [3.05, 3.63) is 83.9 Å². The summed E-state index contributed by atoms with van der Waals surface area (Å²) in [5.74, 6) is 0.267. The normalized spacial score (nSPS) is 13.7. The standard InChI is InChI=1S/C28H33N7O7S2/c1-2-42-28(37)35-16-14-34(15-17-35)26(29)21-4-3-5-23(18-21)33-27(36)32-22-8-12-25(13-9-22)44(40,41)31-19-20-6-10-24(11-7-20)43(30,38)39/h3-13,18,29,31H,2,14-17,19H2,1H3,(H2,30,38,39)(H2,32,33,36). The van der Waals surface area contributed by atoms with Crippen molar-refractivity contribution >= 4 is 49.4 Å². The molecule has 0 spiro atoms. The average molecular weight is 644 g/mol. The number of nitrogens with zero attached hydrogens (tertiary/aromatic N) is 2. The van der Waals surface area contributed by atoms with E-state index in [0.717, 1.165) is 0 Å². The van der Waals surface area contributed by atoms with E-state index in [1.807, 2.05) is 4.90 Å². The summed E-state index contributed by atoms with van der Waals surface area (Å²) >= 11 is 0. The fourth-order valence-corrected chi connectivity index (χ4v) is 5.86. The van der Waals surface area contributed by atoms with Gasteiger partial charge in [-0.15, -0.1) is 0 Å². The molecule has 1 aliphatic rings. The van der Waals surface area contributed by atoms with Crippen molar-refractivity contribution in [3.8, 4) is 0 Å². The minimum atomic E-state index is -3.89. The van der Waals surface area contributed by atoms with Crippen LogP contribution in [-0.4, -0.2) is 77.4 Å². The van der Waals surface area contributed by atoms with E-state index >= 15 is 0 Å². The molecule has 1 heterocycles. The molecule has 0 atom stereocenters. The second-order valence-corrected chi connectivity index (χ2v) is 13.0. The Kier molecular flexibility index (Phi) is 10.2. The topological polar surface area (TPSA) is 204 Å². The van der Waals surface area contributed by atoms with Crippen molar-refractivity contribution in [1.82, 2.24) is 14.5 Å². The lowest BCUT2D eigenvalue weighted by Crippen LogP contribution is -2.50. The lowest BCUT2D eigenvalue weighted by molar-refractivity contribution is 0.0919. The van der Waals surface area contributed by atoms with Gasteiger partial charge in [-0.2, -0.15) is 0 Å². The molecule has 44 heavy (non-hydrogen) atoms. The number of nitrogens with one attached hydrogen (secondary N) is 4. The number of carbonyl (C=O) groups excluding carboxylic acids is 2. The van der Waals surface area contributed by atoms with Crippen molar-refractivity contribution in [2.75, 3.05) is 43.4 Å². The quantitative estimate of drug-likeness (QED) is 0.173. The van der Waals surface area contributed by atoms with Crippen LogP contribution in [0.2, 0.25) is 0 Å². The van der Waals surface area contributed by atoms with Crippen LogP contribution in [0.15, 0.2) is 82.6 Å². The monoisotopic (exact) mass is 643 g/mol. The third-order valence-electron chi connectivity index (χ3n) is 6.66. The van der Waals surface area contributed by atoms with E-state index < -0.39 is 26.1 Å². The van der Waals surface area contributed by atoms with E-state index in [2.05, 4.69) is 15.4 Å². The molecule has 1 saturated heterocycles. The minimum absolute atomic E-state index is 0.0288. The van der Waals surface area contributed by atoms with Crippen molar-refractivity contribution in [3.63, 3.8) is 0 Å². The van der Waals surface area contributed by atoms with Gasteiger partial charge in [-0.25, -0.2) is 36.3 Å². The average Bonchev–Trinajstić information content (AvgIpc) is 3.00. The number of hydrogen-bond donors (Lipinski definition) is 5. The number of benzene rings is 3. The first-order chi connectivity index (χ1) is 20.9. The predicted octanol–water partition coefficient (Wildman–Crippen LogP) is 2.56. The van der Waals surface area contributed by atoms with E-state index in [1.54, 1.807) is 36.1 Å². The molecule has 4 rings (SSSR count). The Labute approximate surface area is 255 Å². The Hall–Kier alpha value is -4.51. The summed E-state index contributed by atoms with van der Waals surface area (Å²) in [6.07, 6.45) is -0.364. The highest BCUT2D eigenvalue weighted by atomic mass is 32.2. The molecular formula is C28H33N7O7S2. The van der Waals surface area contributed by atoms with Gasteiger partial charge in [0, 0.05) is 49.7 Å². The molecule has 3 amide bonds. The van der Waals surface area contributed by atoms with Gasteiger partial charge in [0.2, 0.25) is 20.0 Å². The number of nitrogens with two attached hydrogens (primary N) is 1. The van der Waals surface area contributed by atoms with E-state index in [0.29, 0.717) is 55.3 Å². The molecule has 3 aromatic carbocycles. The number of carbonyl (C=O) groups is 2. The van der Waals surface area contributed by atoms with Gasteiger partial charge in [-0.3, -0.25) is 5.41 Å². The molecule has 1 fully saturated rings. The fourth-order valence-electron chi connectivity index (χ4n) is 4.32. The predicted molar refractivity (Wildman–Crippen MR) is 164 cm³/mol. The van der Waals surface area contributed by atoms with E-state index in [-0.39, 0.29) is 28.3 Å². The zero-order valence-corrected chi connectivity index (χ0v) is 25.4. The van der Waals surface area contributed by atoms with Gasteiger partial charge in [0.15, 0.2) is 0 Å². The fraction of sp³-hybridized carbons (Fsp3) is 0.250. The third kappa shape index (κ3) is 8.53. The highest BCUT2D eigenvalue weighted by molar-refractivity contribution is 7.89. The van der Waals surface area contributed by atoms with Crippen LogP contribution in [0.1, 0.15) is 18.1 Å². The number of ether oxygens (including phenoxy) is 1. The van der Waals surface area contributed by atoms with Crippen LogP contribution >= 0.6 is 0 Å². The van der Waals surface area contributed by atoms with Gasteiger partial charge < -0.3 is 25.2 Å². The molecular weight excluding hydrogens is 610 g/mol. The molecule has 16 heteroatoms. The number of hydrogen-bond acceptors (Lipinski definition) is 8. The third-order valence-corrected chi connectivity index (χ3v) is 9.00. The number of amides is 3. The van der Waals surface area contributed by atoms with Crippen molar-refractivity contribution in [2.24, 2.45) is 5.14 Å².